The predicted octanol–water partition coefficient (Wildman–Crippen LogP) is 29.5. The van der Waals surface area contributed by atoms with Crippen molar-refractivity contribution in [3.63, 3.8) is 0 Å². The van der Waals surface area contributed by atoms with Crippen molar-refractivity contribution in [2.24, 2.45) is 0 Å². The number of fused-ring (bicyclic) bond motifs is 9. The Kier molecular flexibility index (Phi) is 31.6. The fourth-order valence-electron chi connectivity index (χ4n) is 15.9. The monoisotopic (exact) mass is 1360 g/mol. The lowest BCUT2D eigenvalue weighted by atomic mass is 9.76. The maximum Gasteiger partial charge on any atom is 0.0744 e. The van der Waals surface area contributed by atoms with Gasteiger partial charge in [-0.1, -0.05) is 228 Å². The van der Waals surface area contributed by atoms with E-state index in [0.29, 0.717) is 0 Å². The smallest absolute Gasteiger partial charge is 0.0744 e. The molecule has 3 heterocycles. The van der Waals surface area contributed by atoms with Gasteiger partial charge >= 0.3 is 0 Å². The first-order chi connectivity index (χ1) is 47.2. The molecule has 10 aromatic rings. The second-order valence-electron chi connectivity index (χ2n) is 32.1. The third-order valence-electron chi connectivity index (χ3n) is 21.0. The van der Waals surface area contributed by atoms with Crippen molar-refractivity contribution in [3.05, 3.63) is 237 Å². The molecular weight excluding hydrogens is 1220 g/mol. The van der Waals surface area contributed by atoms with Gasteiger partial charge < -0.3 is 0 Å². The first-order valence-corrected chi connectivity index (χ1v) is 38.6. The number of nitrogens with zero attached hydrogens (tertiary/aromatic N) is 3. The zero-order chi connectivity index (χ0) is 77.7. The minimum absolute atomic E-state index is 0.134. The zero-order valence-electron chi connectivity index (χ0n) is 72.1. The summed E-state index contributed by atoms with van der Waals surface area (Å²) in [5.74, 6) is 0. The van der Waals surface area contributed by atoms with Gasteiger partial charge in [0.25, 0.3) is 0 Å². The largest absolute Gasteiger partial charge is 0.264 e. The average Bonchev–Trinajstić information content (AvgIpc) is 1.61. The van der Waals surface area contributed by atoms with Crippen molar-refractivity contribution in [1.29, 1.82) is 0 Å². The van der Waals surface area contributed by atoms with Gasteiger partial charge in [-0.05, 0) is 329 Å². The Morgan fingerprint density at radius 1 is 0.248 bits per heavy atom. The second-order valence-corrected chi connectivity index (χ2v) is 32.1. The molecule has 3 aromatic heterocycles. The van der Waals surface area contributed by atoms with Crippen LogP contribution < -0.4 is 0 Å². The summed E-state index contributed by atoms with van der Waals surface area (Å²) in [6.45, 7) is 88.2. The van der Waals surface area contributed by atoms with Gasteiger partial charge in [0.2, 0.25) is 0 Å². The van der Waals surface area contributed by atoms with Gasteiger partial charge in [0.1, 0.15) is 0 Å². The van der Waals surface area contributed by atoms with Gasteiger partial charge in [0.05, 0.1) is 5.52 Å². The molecule has 0 N–H and O–H groups in total. The van der Waals surface area contributed by atoms with Crippen LogP contribution in [0.5, 0.6) is 0 Å². The van der Waals surface area contributed by atoms with E-state index in [0.717, 1.165) is 12.8 Å². The van der Waals surface area contributed by atoms with E-state index in [1.165, 1.54) is 166 Å². The molecule has 3 nitrogen and oxygen atoms in total. The highest BCUT2D eigenvalue weighted by Gasteiger charge is 2.33. The normalized spacial score (nSPS) is 11.7. The van der Waals surface area contributed by atoms with E-state index in [4.69, 9.17) is 0 Å². The van der Waals surface area contributed by atoms with Crippen LogP contribution in [0, 0.1) is 104 Å². The molecule has 0 bridgehead atoms. The lowest BCUT2D eigenvalue weighted by Gasteiger charge is -2.28. The van der Waals surface area contributed by atoms with Crippen LogP contribution in [-0.4, -0.2) is 15.0 Å². The van der Waals surface area contributed by atoms with E-state index in [-0.39, 0.29) is 27.1 Å². The summed E-state index contributed by atoms with van der Waals surface area (Å²) in [6, 6.07) is 26.3. The molecule has 0 saturated carbocycles. The van der Waals surface area contributed by atoms with Crippen LogP contribution in [0.3, 0.4) is 0 Å². The highest BCUT2D eigenvalue weighted by molar-refractivity contribution is 5.93. The molecule has 0 radical (unpaired) electrons. The third-order valence-corrected chi connectivity index (χ3v) is 21.0. The van der Waals surface area contributed by atoms with Crippen LogP contribution >= 0.6 is 0 Å². The summed E-state index contributed by atoms with van der Waals surface area (Å²) < 4.78 is 0. The van der Waals surface area contributed by atoms with Crippen molar-refractivity contribution in [3.8, 4) is 22.3 Å². The molecular formula is C98H141N3. The molecule has 2 aliphatic rings. The van der Waals surface area contributed by atoms with Gasteiger partial charge in [-0.15, -0.1) is 0 Å². The summed E-state index contributed by atoms with van der Waals surface area (Å²) in [7, 11) is 0. The molecule has 101 heavy (non-hydrogen) atoms. The summed E-state index contributed by atoms with van der Waals surface area (Å²) >= 11 is 0. The molecule has 3 heteroatoms. The highest BCUT2D eigenvalue weighted by atomic mass is 14.7. The number of hydrogen-bond acceptors (Lipinski definition) is 3. The maximum absolute atomic E-state index is 4.61. The van der Waals surface area contributed by atoms with Gasteiger partial charge in [-0.2, -0.15) is 0 Å². The highest BCUT2D eigenvalue weighted by Crippen LogP contribution is 2.49. The van der Waals surface area contributed by atoms with Crippen molar-refractivity contribution < 1.29 is 0 Å². The van der Waals surface area contributed by atoms with E-state index >= 15 is 0 Å². The minimum Gasteiger partial charge on any atom is -0.264 e. The van der Waals surface area contributed by atoms with Gasteiger partial charge in [0.15, 0.2) is 0 Å². The quantitative estimate of drug-likeness (QED) is 0.152. The van der Waals surface area contributed by atoms with Crippen LogP contribution in [-0.2, 0) is 39.9 Å². The first-order valence-electron chi connectivity index (χ1n) is 38.6. The van der Waals surface area contributed by atoms with E-state index in [1.54, 1.807) is 22.3 Å². The molecule has 0 spiro atoms. The van der Waals surface area contributed by atoms with Crippen LogP contribution in [0.15, 0.2) is 104 Å². The predicted molar refractivity (Wildman–Crippen MR) is 456 cm³/mol. The van der Waals surface area contributed by atoms with Gasteiger partial charge in [0, 0.05) is 47.1 Å². The fraction of sp³-hybridized carbons (Fsp3) is 0.480. The molecule has 2 aliphatic carbocycles. The molecule has 7 aromatic carbocycles. The maximum atomic E-state index is 4.61. The lowest BCUT2D eigenvalue weighted by molar-refractivity contribution is 0.580. The molecule has 0 unspecified atom stereocenters. The number of aromatic nitrogens is 3. The van der Waals surface area contributed by atoms with E-state index < -0.39 is 0 Å². The van der Waals surface area contributed by atoms with Gasteiger partial charge in [-0.3, -0.25) is 15.0 Å². The fourth-order valence-corrected chi connectivity index (χ4v) is 15.9. The van der Waals surface area contributed by atoms with Crippen LogP contribution in [0.25, 0.3) is 54.7 Å². The topological polar surface area (TPSA) is 38.7 Å². The molecule has 548 valence electrons. The third kappa shape index (κ3) is 18.8. The molecule has 0 amide bonds. The Bertz CT molecular complexity index is 4190. The molecule has 0 atom stereocenters. The second kappa shape index (κ2) is 36.3. The van der Waals surface area contributed by atoms with Crippen molar-refractivity contribution >= 4 is 32.4 Å². The Balaban J connectivity index is 0.000000318. The van der Waals surface area contributed by atoms with E-state index in [9.17, 15) is 0 Å². The molecule has 12 rings (SSSR count). The van der Waals surface area contributed by atoms with Gasteiger partial charge in [-0.25, -0.2) is 0 Å². The standard InChI is InChI=1S/2C20H24.3C16H21N.5C2H6/c1-12-13(2)18-16-10-8-7-9-15(16)11-17(18)19(14(12)3)20(4,5)6;1-12-13(2)17-11-15-9-7-8-10-16(15)18(17)19(14(12)3)20(4,5)6;1-10-11(2)14-9-17-8-7-13(14)15(12(10)3)16(4,5)6;1-10-11(2)13-7-8-17-9-14(13)15(12(10)3)16(4,5)6;1-10-11(2)13-8-7-9-17-15(13)14(12(10)3)16(4,5)6;5*1-2/h2*7-10H,11H2,1-6H3;3*7-9H,1-6H3;5*1-2H3. The SMILES string of the molecule is CC.CC.CC.CC.CC.Cc1c(C)c(C(C)(C)C)c2ccncc2c1C.Cc1c(C)c(C(C)(C)C)c2cnccc2c1C.Cc1c(C)c(C(C)(C)C)c2ncccc2c1C.Cc1c(C)c2c(c(C(C)(C)C)c1C)-c1ccccc1C2.Cc1c(C)c2c(c(C(C)(C)C)c1C)Cc1ccccc1-2. The Morgan fingerprint density at radius 3 is 1.04 bits per heavy atom. The molecule has 0 saturated heterocycles. The van der Waals surface area contributed by atoms with E-state index in [2.05, 4.69) is 289 Å². The van der Waals surface area contributed by atoms with E-state index in [1.807, 2.05) is 106 Å². The Morgan fingerprint density at radius 2 is 0.584 bits per heavy atom. The minimum atomic E-state index is 0.134. The molecule has 0 fully saturated rings. The summed E-state index contributed by atoms with van der Waals surface area (Å²) in [5.41, 5.74) is 42.8. The number of aryl methyl sites for hydroxylation is 3. The van der Waals surface area contributed by atoms with Crippen LogP contribution in [0.1, 0.15) is 307 Å². The van der Waals surface area contributed by atoms with Crippen molar-refractivity contribution in [2.75, 3.05) is 0 Å². The van der Waals surface area contributed by atoms with Crippen LogP contribution in [0.4, 0.5) is 0 Å². The zero-order valence-corrected chi connectivity index (χ0v) is 72.1. The Labute approximate surface area is 620 Å². The first kappa shape index (κ1) is 88.0. The van der Waals surface area contributed by atoms with Crippen molar-refractivity contribution in [2.45, 2.75) is 317 Å². The van der Waals surface area contributed by atoms with Crippen molar-refractivity contribution in [1.82, 2.24) is 15.0 Å². The summed E-state index contributed by atoms with van der Waals surface area (Å²) in [5, 5.41) is 6.59. The number of pyridine rings is 3. The summed E-state index contributed by atoms with van der Waals surface area (Å²) in [4.78, 5) is 13.2. The summed E-state index contributed by atoms with van der Waals surface area (Å²) in [6.07, 6.45) is 11.9. The number of benzene rings is 7. The lowest BCUT2D eigenvalue weighted by Crippen LogP contribution is -2.17. The molecule has 0 aliphatic heterocycles. The number of hydrogen-bond donors (Lipinski definition) is 0. The Hall–Kier alpha value is -7.23. The average molecular weight is 1360 g/mol. The number of rotatable bonds is 0. The van der Waals surface area contributed by atoms with Crippen LogP contribution in [0.2, 0.25) is 0 Å².